The van der Waals surface area contributed by atoms with E-state index in [9.17, 15) is 9.59 Å². The number of benzene rings is 4. The molecule has 1 saturated carbocycles. The van der Waals surface area contributed by atoms with E-state index in [0.717, 1.165) is 34.7 Å². The van der Waals surface area contributed by atoms with Crippen molar-refractivity contribution in [2.75, 3.05) is 0 Å². The Kier molecular flexibility index (Phi) is 9.40. The largest absolute Gasteiger partial charge is 0.380 e. The van der Waals surface area contributed by atoms with E-state index in [-0.39, 0.29) is 22.7 Å². The first-order chi connectivity index (χ1) is 30.1. The Labute approximate surface area is 368 Å². The Morgan fingerprint density at radius 3 is 1.25 bits per heavy atom. The zero-order chi connectivity index (χ0) is 44.1. The van der Waals surface area contributed by atoms with Gasteiger partial charge < -0.3 is 0 Å². The van der Waals surface area contributed by atoms with Crippen LogP contribution in [0.2, 0.25) is 0 Å². The first-order valence-electron chi connectivity index (χ1n) is 20.1. The van der Waals surface area contributed by atoms with Crippen LogP contribution in [0.15, 0.2) is 190 Å². The maximum atomic E-state index is 16.5. The highest BCUT2D eigenvalue weighted by atomic mass is 32.2. The maximum absolute atomic E-state index is 16.5. The van der Waals surface area contributed by atoms with E-state index < -0.39 is 38.4 Å². The van der Waals surface area contributed by atoms with Gasteiger partial charge >= 0.3 is 17.8 Å². The van der Waals surface area contributed by atoms with Gasteiger partial charge in [-0.25, -0.2) is 0 Å². The lowest BCUT2D eigenvalue weighted by atomic mass is 9.71. The summed E-state index contributed by atoms with van der Waals surface area (Å²) in [5, 5.41) is 0. The first kappa shape index (κ1) is 40.9. The third-order valence-corrected chi connectivity index (χ3v) is 16.0. The summed E-state index contributed by atoms with van der Waals surface area (Å²) in [4.78, 5) is 27.3. The van der Waals surface area contributed by atoms with Crippen molar-refractivity contribution >= 4 is 69.5 Å². The normalized spacial score (nSPS) is 26.4. The molecule has 0 bridgehead atoms. The summed E-state index contributed by atoms with van der Waals surface area (Å²) in [6.45, 7) is 3.30. The van der Waals surface area contributed by atoms with Gasteiger partial charge in [-0.2, -0.15) is 26.3 Å². The van der Waals surface area contributed by atoms with Crippen molar-refractivity contribution in [3.8, 4) is 0 Å². The lowest BCUT2D eigenvalue weighted by molar-refractivity contribution is -0.258. The number of thioether (sulfide) groups is 2. The third-order valence-electron chi connectivity index (χ3n) is 12.7. The fourth-order valence-electron chi connectivity index (χ4n) is 9.28. The van der Waals surface area contributed by atoms with Crippen LogP contribution in [0.5, 0.6) is 0 Å². The van der Waals surface area contributed by atoms with E-state index in [0.29, 0.717) is 54.4 Å². The van der Waals surface area contributed by atoms with Gasteiger partial charge in [0.25, 0.3) is 0 Å². The zero-order valence-corrected chi connectivity index (χ0v) is 35.2. The SMILES string of the molecule is C[C@]12SC(/C(=C\C=C3\C(=O)C=Cc4ccccc43)c3ccccc3)=CC1=C1C(=C3C=C(/C(=C/C=C4/C(=O)C=Cc5ccccc54)c4ccccc4)S[C@@]32C)C(F)(F)C(F)(F)C1(F)F. The van der Waals surface area contributed by atoms with Crippen molar-refractivity contribution in [1.82, 2.24) is 0 Å². The Hall–Kier alpha value is -6.10. The monoisotopic (exact) mass is 880 g/mol. The van der Waals surface area contributed by atoms with Crippen LogP contribution in [0.1, 0.15) is 47.2 Å². The van der Waals surface area contributed by atoms with Crippen LogP contribution in [-0.4, -0.2) is 38.8 Å². The maximum Gasteiger partial charge on any atom is 0.380 e. The second-order valence-electron chi connectivity index (χ2n) is 16.2. The molecule has 4 aromatic rings. The molecule has 4 aliphatic carbocycles. The van der Waals surface area contributed by atoms with E-state index in [4.69, 9.17) is 0 Å². The van der Waals surface area contributed by atoms with Crippen LogP contribution in [0.25, 0.3) is 34.4 Å². The molecule has 0 saturated heterocycles. The molecule has 312 valence electrons. The lowest BCUT2D eigenvalue weighted by Gasteiger charge is -2.47. The number of hydrogen-bond acceptors (Lipinski definition) is 4. The van der Waals surface area contributed by atoms with Gasteiger partial charge in [0.15, 0.2) is 11.6 Å². The molecule has 0 amide bonds. The van der Waals surface area contributed by atoms with Gasteiger partial charge in [-0.1, -0.05) is 133 Å². The molecule has 6 aliphatic rings. The van der Waals surface area contributed by atoms with E-state index >= 15 is 26.3 Å². The molecular formula is C53H34F6O2S2. The molecule has 0 N–H and O–H groups in total. The fourth-order valence-corrected chi connectivity index (χ4v) is 12.5. The topological polar surface area (TPSA) is 34.1 Å². The van der Waals surface area contributed by atoms with Gasteiger partial charge in [-0.3, -0.25) is 9.59 Å². The van der Waals surface area contributed by atoms with Gasteiger partial charge in [0.1, 0.15) is 0 Å². The summed E-state index contributed by atoms with van der Waals surface area (Å²) in [7, 11) is 0. The number of carbonyl (C=O) groups is 2. The average molecular weight is 881 g/mol. The van der Waals surface area contributed by atoms with Crippen LogP contribution < -0.4 is 0 Å². The summed E-state index contributed by atoms with van der Waals surface area (Å²) in [6, 6.07) is 32.7. The quantitative estimate of drug-likeness (QED) is 0.143. The molecule has 0 spiro atoms. The molecule has 0 radical (unpaired) electrons. The summed E-state index contributed by atoms with van der Waals surface area (Å²) in [5.74, 6) is -16.7. The van der Waals surface area contributed by atoms with Gasteiger partial charge in [0, 0.05) is 32.1 Å². The van der Waals surface area contributed by atoms with Crippen LogP contribution in [-0.2, 0) is 9.59 Å². The number of halogens is 6. The minimum atomic E-state index is -5.74. The Morgan fingerprint density at radius 2 is 0.857 bits per heavy atom. The number of rotatable bonds is 6. The smallest absolute Gasteiger partial charge is 0.289 e. The van der Waals surface area contributed by atoms with E-state index in [1.165, 1.54) is 24.3 Å². The highest BCUT2D eigenvalue weighted by Crippen LogP contribution is 2.75. The summed E-state index contributed by atoms with van der Waals surface area (Å²) in [6.07, 6.45) is 15.8. The number of ketones is 2. The average Bonchev–Trinajstić information content (AvgIpc) is 3.85. The van der Waals surface area contributed by atoms with Gasteiger partial charge in [-0.15, -0.1) is 23.5 Å². The summed E-state index contributed by atoms with van der Waals surface area (Å²) in [5.41, 5.74) is 2.70. The number of alkyl halides is 6. The highest BCUT2D eigenvalue weighted by molar-refractivity contribution is 8.09. The number of allylic oxidation sites excluding steroid dienone is 14. The number of hydrogen-bond donors (Lipinski definition) is 0. The molecule has 1 fully saturated rings. The fraction of sp³-hybridized carbons (Fsp3) is 0.132. The minimum absolute atomic E-state index is 0.246. The molecule has 0 aromatic heterocycles. The van der Waals surface area contributed by atoms with E-state index in [2.05, 4.69) is 0 Å². The van der Waals surface area contributed by atoms with Crippen LogP contribution in [0.4, 0.5) is 26.3 Å². The second kappa shape index (κ2) is 14.5. The lowest BCUT2D eigenvalue weighted by Crippen LogP contribution is -2.49. The summed E-state index contributed by atoms with van der Waals surface area (Å²) < 4.78 is 94.5. The zero-order valence-electron chi connectivity index (χ0n) is 33.6. The molecule has 2 atom stereocenters. The van der Waals surface area contributed by atoms with Gasteiger partial charge in [0.2, 0.25) is 0 Å². The van der Waals surface area contributed by atoms with Crippen LogP contribution in [0.3, 0.4) is 0 Å². The third kappa shape index (κ3) is 5.97. The van der Waals surface area contributed by atoms with Crippen LogP contribution in [0, 0.1) is 0 Å². The van der Waals surface area contributed by atoms with Crippen molar-refractivity contribution in [3.05, 3.63) is 223 Å². The van der Waals surface area contributed by atoms with Gasteiger partial charge in [0.05, 0.1) is 9.49 Å². The van der Waals surface area contributed by atoms with Crippen LogP contribution >= 0.6 is 23.5 Å². The van der Waals surface area contributed by atoms with Crippen molar-refractivity contribution in [2.24, 2.45) is 0 Å². The molecule has 10 heteroatoms. The molecule has 0 unspecified atom stereocenters. The predicted molar refractivity (Wildman–Crippen MR) is 243 cm³/mol. The highest BCUT2D eigenvalue weighted by Gasteiger charge is 2.84. The summed E-state index contributed by atoms with van der Waals surface area (Å²) >= 11 is 2.30. The molecule has 2 nitrogen and oxygen atoms in total. The van der Waals surface area contributed by atoms with Crippen molar-refractivity contribution in [1.29, 1.82) is 0 Å². The van der Waals surface area contributed by atoms with E-state index in [1.54, 1.807) is 111 Å². The van der Waals surface area contributed by atoms with Crippen molar-refractivity contribution in [2.45, 2.75) is 41.1 Å². The second-order valence-corrected chi connectivity index (χ2v) is 19.1. The molecular weight excluding hydrogens is 847 g/mol. The number of fused-ring (bicyclic) bond motifs is 6. The molecule has 63 heavy (non-hydrogen) atoms. The van der Waals surface area contributed by atoms with Crippen molar-refractivity contribution < 1.29 is 35.9 Å². The van der Waals surface area contributed by atoms with Crippen molar-refractivity contribution in [3.63, 3.8) is 0 Å². The molecule has 2 heterocycles. The van der Waals surface area contributed by atoms with Gasteiger partial charge in [-0.05, 0) is 106 Å². The Morgan fingerprint density at radius 1 is 0.492 bits per heavy atom. The van der Waals surface area contributed by atoms with E-state index in [1.807, 2.05) is 48.5 Å². The Balaban J connectivity index is 1.17. The first-order valence-corrected chi connectivity index (χ1v) is 21.8. The molecule has 10 rings (SSSR count). The standard InChI is InChI=1S/C53H34F6O2S2/c1-49-41(29-45(62-49)37(31-13-5-3-6-14-31)23-25-39-35-19-11-9-17-33(35)21-27-43(39)60)47-48(52(56,57)53(58,59)51(47,54)55)42-30-46(63-50(42,49)2)38(32-15-7-4-8-16-32)24-26-40-36-20-12-10-18-34(36)22-28-44(40)61/h3-30H,1-2H3/b37-23-,38-24+,39-25+,40-26+/t49-,50-/m0/s1. The number of carbonyl (C=O) groups excluding carboxylic acids is 2. The predicted octanol–water partition coefficient (Wildman–Crippen LogP) is 13.8. The molecule has 2 aliphatic heterocycles. The minimum Gasteiger partial charge on any atom is -0.289 e. The Bertz CT molecular complexity index is 2830. The molecule has 4 aromatic carbocycles.